The fourth-order valence-corrected chi connectivity index (χ4v) is 3.01. The van der Waals surface area contributed by atoms with Crippen LogP contribution in [0.1, 0.15) is 5.69 Å². The minimum atomic E-state index is -0.644. The van der Waals surface area contributed by atoms with E-state index in [4.69, 9.17) is 10.5 Å². The van der Waals surface area contributed by atoms with Crippen LogP contribution in [0.5, 0.6) is 5.75 Å². The summed E-state index contributed by atoms with van der Waals surface area (Å²) in [7, 11) is 2.96. The number of ether oxygens (including phenoxy) is 2. The van der Waals surface area contributed by atoms with Gasteiger partial charge in [0.25, 0.3) is 0 Å². The first-order chi connectivity index (χ1) is 10.0. The highest BCUT2D eigenvalue weighted by Gasteiger charge is 2.15. The van der Waals surface area contributed by atoms with Crippen molar-refractivity contribution in [2.24, 2.45) is 5.73 Å². The van der Waals surface area contributed by atoms with E-state index in [0.29, 0.717) is 5.75 Å². The second kappa shape index (κ2) is 9.82. The van der Waals surface area contributed by atoms with Crippen LogP contribution < -0.4 is 35.3 Å². The molecule has 0 aliphatic rings. The number of pyridine rings is 1. The molecule has 5 nitrogen and oxygen atoms in total. The van der Waals surface area contributed by atoms with E-state index in [9.17, 15) is 4.79 Å². The number of fused-ring (bicyclic) bond motifs is 1. The SMILES string of the molecule is COC(=O)C(N)CSc1cc(C)nc2ccc(OC)cc12.[Cl-].[Cl-]. The van der Waals surface area contributed by atoms with Crippen LogP contribution in [-0.4, -0.2) is 37.0 Å². The van der Waals surface area contributed by atoms with E-state index in [1.807, 2.05) is 31.2 Å². The molecule has 1 aromatic heterocycles. The first-order valence-corrected chi connectivity index (χ1v) is 7.45. The highest BCUT2D eigenvalue weighted by atomic mass is 35.5. The monoisotopic (exact) mass is 376 g/mol. The zero-order chi connectivity index (χ0) is 15.4. The molecule has 0 saturated heterocycles. The number of nitrogens with two attached hydrogens (primary N) is 1. The van der Waals surface area contributed by atoms with Crippen molar-refractivity contribution < 1.29 is 39.1 Å². The van der Waals surface area contributed by atoms with Crippen LogP contribution in [0.4, 0.5) is 0 Å². The molecular weight excluding hydrogens is 359 g/mol. The summed E-state index contributed by atoms with van der Waals surface area (Å²) in [5.41, 5.74) is 7.59. The number of aromatic nitrogens is 1. The average molecular weight is 377 g/mol. The van der Waals surface area contributed by atoms with E-state index in [-0.39, 0.29) is 24.8 Å². The van der Waals surface area contributed by atoms with Crippen molar-refractivity contribution in [2.45, 2.75) is 17.9 Å². The minimum absolute atomic E-state index is 0. The van der Waals surface area contributed by atoms with E-state index >= 15 is 0 Å². The predicted molar refractivity (Wildman–Crippen MR) is 83.7 cm³/mol. The van der Waals surface area contributed by atoms with Crippen LogP contribution in [0.3, 0.4) is 0 Å². The molecule has 0 saturated carbocycles. The molecule has 2 rings (SSSR count). The third-order valence-corrected chi connectivity index (χ3v) is 4.20. The maximum absolute atomic E-state index is 11.4. The van der Waals surface area contributed by atoms with Crippen molar-refractivity contribution >= 4 is 28.6 Å². The van der Waals surface area contributed by atoms with E-state index < -0.39 is 12.0 Å². The standard InChI is InChI=1S/C15H18N2O3S.2ClH/c1-9-6-14(21-8-12(16)15(18)20-3)11-7-10(19-2)4-5-13(11)17-9;;/h4-7,12H,8,16H2,1-3H3;2*1H/p-2. The molecule has 0 aliphatic heterocycles. The van der Waals surface area contributed by atoms with Crippen LogP contribution in [0.15, 0.2) is 29.2 Å². The summed E-state index contributed by atoms with van der Waals surface area (Å²) in [4.78, 5) is 16.9. The van der Waals surface area contributed by atoms with Gasteiger partial charge in [0, 0.05) is 21.7 Å². The Bertz CT molecular complexity index is 670. The van der Waals surface area contributed by atoms with Gasteiger partial charge in [-0.1, -0.05) is 0 Å². The lowest BCUT2D eigenvalue weighted by atomic mass is 10.2. The minimum Gasteiger partial charge on any atom is -1.00 e. The first kappa shape index (κ1) is 21.8. The third-order valence-electron chi connectivity index (χ3n) is 3.03. The van der Waals surface area contributed by atoms with Gasteiger partial charge in [0.2, 0.25) is 0 Å². The zero-order valence-corrected chi connectivity index (χ0v) is 15.3. The smallest absolute Gasteiger partial charge is 0.323 e. The number of thioether (sulfide) groups is 1. The number of esters is 1. The number of halogens is 2. The van der Waals surface area contributed by atoms with Crippen molar-refractivity contribution in [3.05, 3.63) is 30.0 Å². The third kappa shape index (κ3) is 5.42. The lowest BCUT2D eigenvalue weighted by Crippen LogP contribution is -3.00. The molecule has 1 unspecified atom stereocenters. The zero-order valence-electron chi connectivity index (χ0n) is 13.0. The lowest BCUT2D eigenvalue weighted by Gasteiger charge is -2.12. The Morgan fingerprint density at radius 1 is 1.30 bits per heavy atom. The summed E-state index contributed by atoms with van der Waals surface area (Å²) in [5, 5.41) is 0.988. The molecule has 0 fully saturated rings. The molecule has 23 heavy (non-hydrogen) atoms. The Balaban J connectivity index is 0.00000242. The van der Waals surface area contributed by atoms with Gasteiger partial charge in [-0.15, -0.1) is 11.8 Å². The number of hydrogen-bond acceptors (Lipinski definition) is 6. The molecule has 1 atom stereocenters. The first-order valence-electron chi connectivity index (χ1n) is 6.46. The summed E-state index contributed by atoms with van der Waals surface area (Å²) in [6.07, 6.45) is 0. The molecule has 2 aromatic rings. The normalized spacial score (nSPS) is 11.1. The number of carbonyl (C=O) groups is 1. The van der Waals surface area contributed by atoms with Gasteiger partial charge in [-0.05, 0) is 31.2 Å². The molecule has 1 aromatic carbocycles. The van der Waals surface area contributed by atoms with Crippen molar-refractivity contribution in [1.82, 2.24) is 4.98 Å². The summed E-state index contributed by atoms with van der Waals surface area (Å²) in [6.45, 7) is 1.94. The van der Waals surface area contributed by atoms with E-state index in [1.54, 1.807) is 7.11 Å². The Morgan fingerprint density at radius 3 is 2.61 bits per heavy atom. The summed E-state index contributed by atoms with van der Waals surface area (Å²) in [5.74, 6) is 0.810. The van der Waals surface area contributed by atoms with E-state index in [1.165, 1.54) is 18.9 Å². The van der Waals surface area contributed by atoms with Crippen molar-refractivity contribution in [3.63, 3.8) is 0 Å². The van der Waals surface area contributed by atoms with Gasteiger partial charge in [0.05, 0.1) is 19.7 Å². The summed E-state index contributed by atoms with van der Waals surface area (Å²) < 4.78 is 9.89. The highest BCUT2D eigenvalue weighted by Crippen LogP contribution is 2.30. The van der Waals surface area contributed by atoms with Gasteiger partial charge in [-0.3, -0.25) is 9.78 Å². The van der Waals surface area contributed by atoms with Gasteiger partial charge in [0.1, 0.15) is 11.8 Å². The Labute approximate surface area is 152 Å². The van der Waals surface area contributed by atoms with Crippen molar-refractivity contribution in [2.75, 3.05) is 20.0 Å². The second-order valence-corrected chi connectivity index (χ2v) is 5.65. The van der Waals surface area contributed by atoms with Crippen LogP contribution >= 0.6 is 11.8 Å². The molecule has 8 heteroatoms. The largest absolute Gasteiger partial charge is 1.00 e. The van der Waals surface area contributed by atoms with Gasteiger partial charge in [-0.25, -0.2) is 0 Å². The van der Waals surface area contributed by atoms with Crippen LogP contribution in [0.25, 0.3) is 10.9 Å². The fourth-order valence-electron chi connectivity index (χ4n) is 1.95. The molecule has 0 radical (unpaired) electrons. The van der Waals surface area contributed by atoms with E-state index in [0.717, 1.165) is 27.2 Å². The van der Waals surface area contributed by atoms with Gasteiger partial charge < -0.3 is 40.0 Å². The Hall–Kier alpha value is -1.21. The molecule has 1 heterocycles. The molecule has 0 aliphatic carbocycles. The van der Waals surface area contributed by atoms with Crippen LogP contribution in [0, 0.1) is 6.92 Å². The number of methoxy groups -OCH3 is 2. The molecule has 2 N–H and O–H groups in total. The predicted octanol–water partition coefficient (Wildman–Crippen LogP) is -3.85. The topological polar surface area (TPSA) is 74.4 Å². The number of carbonyl (C=O) groups excluding carboxylic acids is 1. The molecule has 0 spiro atoms. The maximum Gasteiger partial charge on any atom is 0.323 e. The molecule has 0 bridgehead atoms. The van der Waals surface area contributed by atoms with Crippen LogP contribution in [-0.2, 0) is 9.53 Å². The molecule has 0 amide bonds. The number of aryl methyl sites for hydroxylation is 1. The number of hydrogen-bond donors (Lipinski definition) is 1. The Kier molecular flexibility index (Phi) is 9.31. The quantitative estimate of drug-likeness (QED) is 0.425. The van der Waals surface area contributed by atoms with Gasteiger partial charge in [0.15, 0.2) is 0 Å². The Morgan fingerprint density at radius 2 is 2.00 bits per heavy atom. The highest BCUT2D eigenvalue weighted by molar-refractivity contribution is 7.99. The fraction of sp³-hybridized carbons (Fsp3) is 0.333. The molecule has 128 valence electrons. The number of benzene rings is 1. The summed E-state index contributed by atoms with van der Waals surface area (Å²) in [6, 6.07) is 7.08. The maximum atomic E-state index is 11.4. The van der Waals surface area contributed by atoms with Gasteiger partial charge in [-0.2, -0.15) is 0 Å². The summed E-state index contributed by atoms with van der Waals surface area (Å²) >= 11 is 1.51. The molecular formula is C15H18Cl2N2O3S-2. The van der Waals surface area contributed by atoms with E-state index in [2.05, 4.69) is 9.72 Å². The van der Waals surface area contributed by atoms with Crippen LogP contribution in [0.2, 0.25) is 0 Å². The lowest BCUT2D eigenvalue weighted by molar-refractivity contribution is -0.141. The van der Waals surface area contributed by atoms with Gasteiger partial charge >= 0.3 is 5.97 Å². The average Bonchev–Trinajstić information content (AvgIpc) is 2.50. The second-order valence-electron chi connectivity index (χ2n) is 4.59. The van der Waals surface area contributed by atoms with Crippen molar-refractivity contribution in [3.8, 4) is 5.75 Å². The van der Waals surface area contributed by atoms with Crippen molar-refractivity contribution in [1.29, 1.82) is 0 Å². The number of rotatable bonds is 5. The number of nitrogens with zero attached hydrogens (tertiary/aromatic N) is 1.